The standard InChI is InChI=1S/C18H17N3O5/c1-11-4-3-5-13(8-11)20-16(22)17(23)21-19-10-12-6-7-15(26-2)14(9-12)18(24)25/h3-10H,1-2H3,(H,20,22)(H,21,23)(H,24,25)/b19-10-. The Bertz CT molecular complexity index is 877. The number of anilines is 1. The van der Waals surface area contributed by atoms with Crippen molar-refractivity contribution in [2.24, 2.45) is 5.10 Å². The number of nitrogens with zero attached hydrogens (tertiary/aromatic N) is 1. The summed E-state index contributed by atoms with van der Waals surface area (Å²) in [5.74, 6) is -2.77. The van der Waals surface area contributed by atoms with Crippen molar-refractivity contribution < 1.29 is 24.2 Å². The third-order valence-electron chi connectivity index (χ3n) is 3.32. The van der Waals surface area contributed by atoms with Crippen LogP contribution in [-0.4, -0.2) is 36.2 Å². The molecule has 0 aliphatic heterocycles. The Balaban J connectivity index is 1.99. The molecule has 0 saturated carbocycles. The zero-order valence-electron chi connectivity index (χ0n) is 14.1. The number of methoxy groups -OCH3 is 1. The predicted molar refractivity (Wildman–Crippen MR) is 95.5 cm³/mol. The molecule has 26 heavy (non-hydrogen) atoms. The van der Waals surface area contributed by atoms with Gasteiger partial charge in [0.15, 0.2) is 0 Å². The number of carbonyl (C=O) groups excluding carboxylic acids is 2. The molecule has 0 aliphatic rings. The van der Waals surface area contributed by atoms with E-state index in [2.05, 4.69) is 15.8 Å². The normalized spacial score (nSPS) is 10.4. The van der Waals surface area contributed by atoms with Crippen LogP contribution in [0, 0.1) is 6.92 Å². The van der Waals surface area contributed by atoms with Crippen LogP contribution in [0.4, 0.5) is 5.69 Å². The number of carboxylic acids is 1. The highest BCUT2D eigenvalue weighted by molar-refractivity contribution is 6.39. The summed E-state index contributed by atoms with van der Waals surface area (Å²) >= 11 is 0. The number of rotatable bonds is 5. The van der Waals surface area contributed by atoms with Crippen LogP contribution >= 0.6 is 0 Å². The minimum absolute atomic E-state index is 0.0417. The van der Waals surface area contributed by atoms with Crippen molar-refractivity contribution in [1.82, 2.24) is 5.43 Å². The second-order valence-electron chi connectivity index (χ2n) is 5.29. The summed E-state index contributed by atoms with van der Waals surface area (Å²) < 4.78 is 4.95. The van der Waals surface area contributed by atoms with Gasteiger partial charge >= 0.3 is 17.8 Å². The molecular weight excluding hydrogens is 338 g/mol. The lowest BCUT2D eigenvalue weighted by Gasteiger charge is -2.05. The molecule has 0 fully saturated rings. The molecule has 2 rings (SSSR count). The van der Waals surface area contributed by atoms with Crippen LogP contribution in [0.2, 0.25) is 0 Å². The molecule has 2 aromatic rings. The number of aryl methyl sites for hydroxylation is 1. The van der Waals surface area contributed by atoms with Gasteiger partial charge in [0.2, 0.25) is 0 Å². The van der Waals surface area contributed by atoms with E-state index in [4.69, 9.17) is 9.84 Å². The number of amides is 2. The van der Waals surface area contributed by atoms with Crippen molar-refractivity contribution in [1.29, 1.82) is 0 Å². The summed E-state index contributed by atoms with van der Waals surface area (Å²) in [4.78, 5) is 34.7. The molecule has 8 heteroatoms. The molecule has 0 spiro atoms. The van der Waals surface area contributed by atoms with E-state index in [1.165, 1.54) is 25.5 Å². The predicted octanol–water partition coefficient (Wildman–Crippen LogP) is 1.79. The molecule has 2 amide bonds. The van der Waals surface area contributed by atoms with Crippen molar-refractivity contribution in [3.05, 3.63) is 59.2 Å². The minimum atomic E-state index is -1.15. The molecule has 0 heterocycles. The van der Waals surface area contributed by atoms with Gasteiger partial charge in [-0.25, -0.2) is 10.2 Å². The topological polar surface area (TPSA) is 117 Å². The molecule has 3 N–H and O–H groups in total. The van der Waals surface area contributed by atoms with Crippen molar-refractivity contribution in [2.45, 2.75) is 6.92 Å². The highest BCUT2D eigenvalue weighted by atomic mass is 16.5. The number of ether oxygens (including phenoxy) is 1. The molecule has 0 atom stereocenters. The summed E-state index contributed by atoms with van der Waals surface area (Å²) in [5, 5.41) is 15.2. The lowest BCUT2D eigenvalue weighted by Crippen LogP contribution is -2.32. The number of benzene rings is 2. The fourth-order valence-corrected chi connectivity index (χ4v) is 2.10. The molecular formula is C18H17N3O5. The van der Waals surface area contributed by atoms with E-state index in [0.717, 1.165) is 5.56 Å². The second kappa shape index (κ2) is 8.43. The Hall–Kier alpha value is -3.68. The Kier molecular flexibility index (Phi) is 6.05. The van der Waals surface area contributed by atoms with Gasteiger partial charge in [0.1, 0.15) is 11.3 Å². The third kappa shape index (κ3) is 4.91. The Morgan fingerprint density at radius 2 is 1.88 bits per heavy atom. The molecule has 0 bridgehead atoms. The van der Waals surface area contributed by atoms with Gasteiger partial charge in [-0.2, -0.15) is 5.10 Å². The van der Waals surface area contributed by atoms with E-state index in [1.807, 2.05) is 13.0 Å². The number of hydrogen-bond donors (Lipinski definition) is 3. The average molecular weight is 355 g/mol. The summed E-state index contributed by atoms with van der Waals surface area (Å²) in [6.07, 6.45) is 1.23. The van der Waals surface area contributed by atoms with E-state index in [-0.39, 0.29) is 11.3 Å². The maximum Gasteiger partial charge on any atom is 0.339 e. The van der Waals surface area contributed by atoms with Gasteiger partial charge in [-0.3, -0.25) is 9.59 Å². The van der Waals surface area contributed by atoms with Gasteiger partial charge in [-0.1, -0.05) is 12.1 Å². The lowest BCUT2D eigenvalue weighted by atomic mass is 10.1. The monoisotopic (exact) mass is 355 g/mol. The molecule has 0 aromatic heterocycles. The van der Waals surface area contributed by atoms with Crippen LogP contribution in [-0.2, 0) is 9.59 Å². The van der Waals surface area contributed by atoms with Crippen LogP contribution in [0.25, 0.3) is 0 Å². The summed E-state index contributed by atoms with van der Waals surface area (Å²) in [7, 11) is 1.36. The number of carbonyl (C=O) groups is 3. The van der Waals surface area contributed by atoms with Crippen molar-refractivity contribution in [2.75, 3.05) is 12.4 Å². The smallest absolute Gasteiger partial charge is 0.339 e. The number of hydrogen-bond acceptors (Lipinski definition) is 5. The Morgan fingerprint density at radius 1 is 1.12 bits per heavy atom. The van der Waals surface area contributed by atoms with Gasteiger partial charge in [-0.15, -0.1) is 0 Å². The van der Waals surface area contributed by atoms with Gasteiger partial charge in [0, 0.05) is 5.69 Å². The van der Waals surface area contributed by atoms with Crippen molar-refractivity contribution >= 4 is 29.7 Å². The van der Waals surface area contributed by atoms with E-state index < -0.39 is 17.8 Å². The molecule has 8 nitrogen and oxygen atoms in total. The van der Waals surface area contributed by atoms with Gasteiger partial charge in [0.05, 0.1) is 13.3 Å². The third-order valence-corrected chi connectivity index (χ3v) is 3.32. The quantitative estimate of drug-likeness (QED) is 0.429. The maximum absolute atomic E-state index is 11.8. The van der Waals surface area contributed by atoms with Crippen molar-refractivity contribution in [3.8, 4) is 5.75 Å². The minimum Gasteiger partial charge on any atom is -0.496 e. The average Bonchev–Trinajstić information content (AvgIpc) is 2.61. The zero-order valence-corrected chi connectivity index (χ0v) is 14.1. The van der Waals surface area contributed by atoms with E-state index in [9.17, 15) is 14.4 Å². The lowest BCUT2D eigenvalue weighted by molar-refractivity contribution is -0.136. The van der Waals surface area contributed by atoms with E-state index in [1.54, 1.807) is 24.3 Å². The van der Waals surface area contributed by atoms with Crippen LogP contribution in [0.3, 0.4) is 0 Å². The van der Waals surface area contributed by atoms with E-state index in [0.29, 0.717) is 11.3 Å². The number of hydrazone groups is 1. The fourth-order valence-electron chi connectivity index (χ4n) is 2.10. The molecule has 0 saturated heterocycles. The number of carboxylic acid groups (broad SMARTS) is 1. The van der Waals surface area contributed by atoms with Gasteiger partial charge in [0.25, 0.3) is 0 Å². The first kappa shape index (κ1) is 18.7. The summed E-state index contributed by atoms with van der Waals surface area (Å²) in [6, 6.07) is 11.4. The van der Waals surface area contributed by atoms with E-state index >= 15 is 0 Å². The molecule has 0 aliphatic carbocycles. The SMILES string of the molecule is COc1ccc(/C=N\NC(=O)C(=O)Nc2cccc(C)c2)cc1C(=O)O. The van der Waals surface area contributed by atoms with Crippen LogP contribution in [0.1, 0.15) is 21.5 Å². The summed E-state index contributed by atoms with van der Waals surface area (Å²) in [5.41, 5.74) is 3.90. The first-order valence-corrected chi connectivity index (χ1v) is 7.53. The molecule has 134 valence electrons. The fraction of sp³-hybridized carbons (Fsp3) is 0.111. The summed E-state index contributed by atoms with van der Waals surface area (Å²) in [6.45, 7) is 1.86. The van der Waals surface area contributed by atoms with Crippen LogP contribution in [0.15, 0.2) is 47.6 Å². The molecule has 2 aromatic carbocycles. The largest absolute Gasteiger partial charge is 0.496 e. The number of nitrogens with one attached hydrogen (secondary N) is 2. The number of aromatic carboxylic acids is 1. The Labute approximate surface area is 149 Å². The highest BCUT2D eigenvalue weighted by Gasteiger charge is 2.13. The van der Waals surface area contributed by atoms with Crippen LogP contribution in [0.5, 0.6) is 5.75 Å². The van der Waals surface area contributed by atoms with Gasteiger partial charge < -0.3 is 15.2 Å². The Morgan fingerprint density at radius 3 is 2.54 bits per heavy atom. The molecule has 0 radical (unpaired) electrons. The second-order valence-corrected chi connectivity index (χ2v) is 5.29. The molecule has 0 unspecified atom stereocenters. The van der Waals surface area contributed by atoms with Crippen molar-refractivity contribution in [3.63, 3.8) is 0 Å². The highest BCUT2D eigenvalue weighted by Crippen LogP contribution is 2.19. The van der Waals surface area contributed by atoms with Gasteiger partial charge in [-0.05, 0) is 48.4 Å². The first-order valence-electron chi connectivity index (χ1n) is 7.53. The first-order chi connectivity index (χ1) is 12.4. The van der Waals surface area contributed by atoms with Crippen LogP contribution < -0.4 is 15.5 Å². The maximum atomic E-state index is 11.8. The zero-order chi connectivity index (χ0) is 19.1.